The average molecular weight is 579 g/mol. The maximum absolute atomic E-state index is 15.3. The number of benzene rings is 2. The molecule has 12 heteroatoms. The lowest BCUT2D eigenvalue weighted by Crippen LogP contribution is -2.32. The van der Waals surface area contributed by atoms with E-state index in [0.717, 1.165) is 18.6 Å². The molecule has 2 aromatic carbocycles. The highest BCUT2D eigenvalue weighted by Crippen LogP contribution is 2.28. The standard InChI is InChI=1S/C30H22F4N4O4/c31-18-3-2-17(22(33)13-18)15-42-29-21(32)5-6-24(37-29)20-4-1-16(11-23(20)34)12-27-35-25-7-8-26(30(39)40)36-28(25)38(27)14-19-9-10-41-19/h1-8,11,13,19H,9-10,12,14-15H2,(H,39,40)/t19-/m0/s1. The first-order valence-corrected chi connectivity index (χ1v) is 13.0. The zero-order valence-electron chi connectivity index (χ0n) is 21.9. The number of halogens is 4. The number of rotatable bonds is 9. The summed E-state index contributed by atoms with van der Waals surface area (Å²) in [4.78, 5) is 24.4. The summed E-state index contributed by atoms with van der Waals surface area (Å²) in [6.07, 6.45) is 1.00. The van der Waals surface area contributed by atoms with E-state index in [0.29, 0.717) is 41.8 Å². The topological polar surface area (TPSA) is 99.4 Å². The van der Waals surface area contributed by atoms with Gasteiger partial charge in [-0.05, 0) is 60.5 Å². The van der Waals surface area contributed by atoms with Crippen molar-refractivity contribution in [1.82, 2.24) is 19.5 Å². The van der Waals surface area contributed by atoms with Gasteiger partial charge in [0, 0.05) is 30.2 Å². The Morgan fingerprint density at radius 1 is 0.952 bits per heavy atom. The van der Waals surface area contributed by atoms with Crippen LogP contribution in [0.3, 0.4) is 0 Å². The summed E-state index contributed by atoms with van der Waals surface area (Å²) in [7, 11) is 0. The number of hydrogen-bond acceptors (Lipinski definition) is 6. The molecule has 6 rings (SSSR count). The fraction of sp³-hybridized carbons (Fsp3) is 0.200. The van der Waals surface area contributed by atoms with Gasteiger partial charge in [-0.1, -0.05) is 6.07 Å². The molecule has 214 valence electrons. The minimum absolute atomic E-state index is 0.00260. The molecule has 0 radical (unpaired) electrons. The van der Waals surface area contributed by atoms with Gasteiger partial charge in [0.2, 0.25) is 0 Å². The van der Waals surface area contributed by atoms with Crippen molar-refractivity contribution < 1.29 is 36.9 Å². The van der Waals surface area contributed by atoms with Gasteiger partial charge in [0.15, 0.2) is 17.2 Å². The van der Waals surface area contributed by atoms with Gasteiger partial charge in [0.05, 0.1) is 18.3 Å². The lowest BCUT2D eigenvalue weighted by molar-refractivity contribution is -0.0590. The Morgan fingerprint density at radius 3 is 2.50 bits per heavy atom. The SMILES string of the molecule is O=C(O)c1ccc2nc(Cc3ccc(-c4ccc(F)c(OCc5ccc(F)cc5F)n4)c(F)c3)n(C[C@@H]3CCO3)c2n1. The lowest BCUT2D eigenvalue weighted by Gasteiger charge is -2.27. The average Bonchev–Trinajstić information content (AvgIpc) is 3.27. The van der Waals surface area contributed by atoms with Crippen LogP contribution in [-0.2, 0) is 24.3 Å². The molecule has 1 aliphatic heterocycles. The highest BCUT2D eigenvalue weighted by atomic mass is 19.1. The molecule has 0 spiro atoms. The van der Waals surface area contributed by atoms with Crippen molar-refractivity contribution in [2.45, 2.75) is 32.1 Å². The van der Waals surface area contributed by atoms with Gasteiger partial charge >= 0.3 is 5.97 Å². The van der Waals surface area contributed by atoms with E-state index in [2.05, 4.69) is 15.0 Å². The smallest absolute Gasteiger partial charge is 0.354 e. The number of aromatic carboxylic acids is 1. The second-order valence-electron chi connectivity index (χ2n) is 9.76. The van der Waals surface area contributed by atoms with Gasteiger partial charge in [0.25, 0.3) is 5.88 Å². The van der Waals surface area contributed by atoms with Crippen LogP contribution in [0.1, 0.15) is 33.9 Å². The van der Waals surface area contributed by atoms with Crippen molar-refractivity contribution in [1.29, 1.82) is 0 Å². The van der Waals surface area contributed by atoms with Crippen LogP contribution in [0.15, 0.2) is 60.7 Å². The number of fused-ring (bicyclic) bond motifs is 1. The number of nitrogens with zero attached hydrogens (tertiary/aromatic N) is 4. The molecule has 0 aliphatic carbocycles. The Kier molecular flexibility index (Phi) is 7.29. The Morgan fingerprint density at radius 2 is 1.79 bits per heavy atom. The number of pyridine rings is 2. The summed E-state index contributed by atoms with van der Waals surface area (Å²) in [6.45, 7) is 0.656. The number of aromatic nitrogens is 4. The van der Waals surface area contributed by atoms with Crippen LogP contribution in [0.5, 0.6) is 5.88 Å². The van der Waals surface area contributed by atoms with E-state index >= 15 is 4.39 Å². The summed E-state index contributed by atoms with van der Waals surface area (Å²) in [5.41, 5.74) is 1.55. The number of carboxylic acids is 1. The number of hydrogen-bond donors (Lipinski definition) is 1. The maximum Gasteiger partial charge on any atom is 0.354 e. The summed E-state index contributed by atoms with van der Waals surface area (Å²) >= 11 is 0. The highest BCUT2D eigenvalue weighted by Gasteiger charge is 2.23. The first-order chi connectivity index (χ1) is 20.2. The molecule has 0 saturated carbocycles. The van der Waals surface area contributed by atoms with Crippen LogP contribution < -0.4 is 4.74 Å². The summed E-state index contributed by atoms with van der Waals surface area (Å²) in [6, 6.07) is 12.7. The van der Waals surface area contributed by atoms with Crippen molar-refractivity contribution in [2.75, 3.05) is 6.61 Å². The Bertz CT molecular complexity index is 1820. The number of carboxylic acid groups (broad SMARTS) is 1. The third-order valence-electron chi connectivity index (χ3n) is 6.94. The zero-order valence-corrected chi connectivity index (χ0v) is 21.9. The molecule has 1 saturated heterocycles. The van der Waals surface area contributed by atoms with Crippen molar-refractivity contribution in [3.05, 3.63) is 107 Å². The third kappa shape index (κ3) is 5.53. The van der Waals surface area contributed by atoms with E-state index in [-0.39, 0.29) is 35.0 Å². The molecule has 3 aromatic heterocycles. The molecule has 8 nitrogen and oxygen atoms in total. The van der Waals surface area contributed by atoms with Crippen LogP contribution in [0, 0.1) is 23.3 Å². The van der Waals surface area contributed by atoms with E-state index in [9.17, 15) is 23.1 Å². The van der Waals surface area contributed by atoms with Gasteiger partial charge in [-0.3, -0.25) is 0 Å². The molecule has 1 atom stereocenters. The van der Waals surface area contributed by atoms with E-state index in [4.69, 9.17) is 9.47 Å². The van der Waals surface area contributed by atoms with Crippen LogP contribution in [0.25, 0.3) is 22.4 Å². The molecule has 1 aliphatic rings. The first-order valence-electron chi connectivity index (χ1n) is 13.0. The monoisotopic (exact) mass is 578 g/mol. The van der Waals surface area contributed by atoms with Gasteiger partial charge in [-0.15, -0.1) is 0 Å². The van der Waals surface area contributed by atoms with E-state index < -0.39 is 41.7 Å². The molecular weight excluding hydrogens is 556 g/mol. The van der Waals surface area contributed by atoms with Gasteiger partial charge in [0.1, 0.15) is 35.4 Å². The Balaban J connectivity index is 1.25. The van der Waals surface area contributed by atoms with Gasteiger partial charge in [-0.25, -0.2) is 37.3 Å². The third-order valence-corrected chi connectivity index (χ3v) is 6.94. The predicted octanol–water partition coefficient (Wildman–Crippen LogP) is 5.71. The Labute approximate surface area is 236 Å². The molecule has 1 N–H and O–H groups in total. The number of imidazole rings is 1. The van der Waals surface area contributed by atoms with Crippen LogP contribution in [-0.4, -0.2) is 43.3 Å². The molecular formula is C30H22F4N4O4. The quantitative estimate of drug-likeness (QED) is 0.224. The van der Waals surface area contributed by atoms with Crippen LogP contribution >= 0.6 is 0 Å². The number of carbonyl (C=O) groups is 1. The van der Waals surface area contributed by atoms with Crippen molar-refractivity contribution in [3.8, 4) is 17.1 Å². The van der Waals surface area contributed by atoms with E-state index in [1.54, 1.807) is 16.7 Å². The Hall–Kier alpha value is -4.84. The highest BCUT2D eigenvalue weighted by molar-refractivity contribution is 5.88. The first kappa shape index (κ1) is 27.3. The molecule has 0 amide bonds. The fourth-order valence-corrected chi connectivity index (χ4v) is 4.65. The second kappa shape index (κ2) is 11.2. The molecule has 1 fully saturated rings. The zero-order chi connectivity index (χ0) is 29.4. The maximum atomic E-state index is 15.3. The molecule has 5 aromatic rings. The van der Waals surface area contributed by atoms with Crippen molar-refractivity contribution in [2.24, 2.45) is 0 Å². The van der Waals surface area contributed by atoms with Crippen LogP contribution in [0.4, 0.5) is 17.6 Å². The minimum atomic E-state index is -1.16. The van der Waals surface area contributed by atoms with Crippen molar-refractivity contribution in [3.63, 3.8) is 0 Å². The summed E-state index contributed by atoms with van der Waals surface area (Å²) in [5.74, 6) is -4.11. The minimum Gasteiger partial charge on any atom is -0.477 e. The van der Waals surface area contributed by atoms with Crippen molar-refractivity contribution >= 4 is 17.1 Å². The molecule has 42 heavy (non-hydrogen) atoms. The summed E-state index contributed by atoms with van der Waals surface area (Å²) < 4.78 is 69.5. The van der Waals surface area contributed by atoms with Gasteiger partial charge < -0.3 is 19.1 Å². The van der Waals surface area contributed by atoms with E-state index in [1.165, 1.54) is 30.3 Å². The second-order valence-corrected chi connectivity index (χ2v) is 9.76. The largest absolute Gasteiger partial charge is 0.477 e. The summed E-state index contributed by atoms with van der Waals surface area (Å²) in [5, 5.41) is 9.38. The predicted molar refractivity (Wildman–Crippen MR) is 142 cm³/mol. The van der Waals surface area contributed by atoms with Gasteiger partial charge in [-0.2, -0.15) is 0 Å². The lowest BCUT2D eigenvalue weighted by atomic mass is 10.0. The molecule has 0 unspecified atom stereocenters. The number of ether oxygens (including phenoxy) is 2. The normalized spacial score (nSPS) is 14.6. The molecule has 4 heterocycles. The van der Waals surface area contributed by atoms with E-state index in [1.807, 2.05) is 0 Å². The van der Waals surface area contributed by atoms with Crippen LogP contribution in [0.2, 0.25) is 0 Å². The molecule has 0 bridgehead atoms. The fourth-order valence-electron chi connectivity index (χ4n) is 4.65.